The van der Waals surface area contributed by atoms with E-state index in [9.17, 15) is 9.69 Å². The third-order valence-corrected chi connectivity index (χ3v) is 5.76. The number of aromatic nitrogens is 1. The van der Waals surface area contributed by atoms with E-state index in [-0.39, 0.29) is 32.2 Å². The molecule has 1 saturated heterocycles. The molecule has 150 valence electrons. The van der Waals surface area contributed by atoms with Gasteiger partial charge in [-0.1, -0.05) is 18.2 Å². The van der Waals surface area contributed by atoms with Gasteiger partial charge in [0.25, 0.3) is 0 Å². The van der Waals surface area contributed by atoms with Crippen LogP contribution in [0.5, 0.6) is 0 Å². The first kappa shape index (κ1) is 22.0. The third kappa shape index (κ3) is 5.18. The SMILES string of the molecule is CCO[P+]1(O)OCC(COC(=O)[C@H](N)Cc2cn(C)c3ccccc23)O1.Cl. The van der Waals surface area contributed by atoms with Gasteiger partial charge in [-0.25, -0.2) is 0 Å². The zero-order valence-electron chi connectivity index (χ0n) is 15.2. The maximum Gasteiger partial charge on any atom is 0.573 e. The number of hydrogen-bond acceptors (Lipinski definition) is 7. The van der Waals surface area contributed by atoms with Gasteiger partial charge >= 0.3 is 14.1 Å². The van der Waals surface area contributed by atoms with Crippen LogP contribution in [0, 0.1) is 0 Å². The Morgan fingerprint density at radius 1 is 1.48 bits per heavy atom. The highest BCUT2D eigenvalue weighted by Gasteiger charge is 2.54. The number of esters is 1. The maximum atomic E-state index is 12.2. The van der Waals surface area contributed by atoms with Crippen molar-refractivity contribution in [2.45, 2.75) is 25.5 Å². The van der Waals surface area contributed by atoms with Gasteiger partial charge in [0.15, 0.2) is 6.10 Å². The normalized spacial score (nSPS) is 23.2. The van der Waals surface area contributed by atoms with Gasteiger partial charge in [-0.05, 0) is 18.6 Å². The lowest BCUT2D eigenvalue weighted by Crippen LogP contribution is -2.36. The van der Waals surface area contributed by atoms with E-state index in [1.807, 2.05) is 42.1 Å². The van der Waals surface area contributed by atoms with Crippen molar-refractivity contribution >= 4 is 37.4 Å². The van der Waals surface area contributed by atoms with Crippen LogP contribution in [0.15, 0.2) is 30.5 Å². The fraction of sp³-hybridized carbons (Fsp3) is 0.471. The van der Waals surface area contributed by atoms with Crippen molar-refractivity contribution in [2.24, 2.45) is 12.8 Å². The molecule has 1 aromatic carbocycles. The van der Waals surface area contributed by atoms with Crippen LogP contribution in [-0.4, -0.2) is 47.4 Å². The minimum absolute atomic E-state index is 0. The van der Waals surface area contributed by atoms with Crippen molar-refractivity contribution < 1.29 is 28.0 Å². The minimum Gasteiger partial charge on any atom is -0.461 e. The van der Waals surface area contributed by atoms with Gasteiger partial charge in [-0.2, -0.15) is 13.9 Å². The van der Waals surface area contributed by atoms with E-state index < -0.39 is 26.3 Å². The lowest BCUT2D eigenvalue weighted by Gasteiger charge is -2.12. The number of aryl methyl sites for hydroxylation is 1. The molecule has 1 fully saturated rings. The first-order chi connectivity index (χ1) is 12.4. The van der Waals surface area contributed by atoms with Gasteiger partial charge in [-0.15, -0.1) is 16.9 Å². The summed E-state index contributed by atoms with van der Waals surface area (Å²) in [7, 11) is -1.31. The Morgan fingerprint density at radius 3 is 2.96 bits per heavy atom. The molecule has 0 saturated carbocycles. The molecule has 1 aliphatic rings. The number of benzene rings is 1. The van der Waals surface area contributed by atoms with E-state index in [4.69, 9.17) is 24.0 Å². The zero-order chi connectivity index (χ0) is 18.7. The van der Waals surface area contributed by atoms with Crippen LogP contribution in [0.4, 0.5) is 0 Å². The number of para-hydroxylation sites is 1. The number of nitrogens with two attached hydrogens (primary N) is 1. The predicted octanol–water partition coefficient (Wildman–Crippen LogP) is 2.13. The van der Waals surface area contributed by atoms with E-state index in [0.717, 1.165) is 16.5 Å². The Morgan fingerprint density at radius 2 is 2.22 bits per heavy atom. The van der Waals surface area contributed by atoms with E-state index in [1.54, 1.807) is 6.92 Å². The lowest BCUT2D eigenvalue weighted by molar-refractivity contribution is -0.147. The molecule has 0 amide bonds. The summed E-state index contributed by atoms with van der Waals surface area (Å²) in [4.78, 5) is 22.1. The summed E-state index contributed by atoms with van der Waals surface area (Å²) in [6.45, 7) is 2.06. The monoisotopic (exact) mass is 419 g/mol. The smallest absolute Gasteiger partial charge is 0.461 e. The highest BCUT2D eigenvalue weighted by Crippen LogP contribution is 2.62. The zero-order valence-corrected chi connectivity index (χ0v) is 16.9. The molecule has 0 spiro atoms. The largest absolute Gasteiger partial charge is 0.573 e. The Kier molecular flexibility index (Phi) is 7.59. The molecule has 2 heterocycles. The van der Waals surface area contributed by atoms with Gasteiger partial charge in [0, 0.05) is 30.6 Å². The number of nitrogens with zero attached hydrogens (tertiary/aromatic N) is 1. The van der Waals surface area contributed by atoms with Gasteiger partial charge in [0.2, 0.25) is 0 Å². The summed E-state index contributed by atoms with van der Waals surface area (Å²) in [6.07, 6.45) is 1.78. The summed E-state index contributed by atoms with van der Waals surface area (Å²) in [5, 5.41) is 1.07. The van der Waals surface area contributed by atoms with E-state index in [0.29, 0.717) is 6.42 Å². The topological polar surface area (TPSA) is 105 Å². The average Bonchev–Trinajstić information content (AvgIpc) is 3.14. The second kappa shape index (κ2) is 9.30. The van der Waals surface area contributed by atoms with Gasteiger partial charge in [0.1, 0.15) is 19.3 Å². The van der Waals surface area contributed by atoms with Crippen molar-refractivity contribution in [3.63, 3.8) is 0 Å². The fourth-order valence-electron chi connectivity index (χ4n) is 2.93. The van der Waals surface area contributed by atoms with Gasteiger partial charge in [0.05, 0.1) is 6.61 Å². The average molecular weight is 420 g/mol. The van der Waals surface area contributed by atoms with E-state index in [2.05, 4.69) is 0 Å². The predicted molar refractivity (Wildman–Crippen MR) is 104 cm³/mol. The van der Waals surface area contributed by atoms with Crippen LogP contribution in [0.3, 0.4) is 0 Å². The fourth-order valence-corrected chi connectivity index (χ4v) is 4.30. The van der Waals surface area contributed by atoms with Crippen molar-refractivity contribution in [1.29, 1.82) is 0 Å². The summed E-state index contributed by atoms with van der Waals surface area (Å²) >= 11 is 0. The number of halogens is 1. The number of hydrogen-bond donors (Lipinski definition) is 2. The molecule has 1 aliphatic heterocycles. The number of carbonyl (C=O) groups excluding carboxylic acids is 1. The molecule has 2 unspecified atom stereocenters. The minimum atomic E-state index is -3.26. The van der Waals surface area contributed by atoms with Gasteiger partial charge < -0.3 is 15.0 Å². The Bertz CT molecular complexity index is 788. The Hall–Kier alpha value is -1.25. The van der Waals surface area contributed by atoms with E-state index in [1.165, 1.54) is 0 Å². The van der Waals surface area contributed by atoms with Crippen LogP contribution in [0.25, 0.3) is 10.9 Å². The molecule has 3 N–H and O–H groups in total. The summed E-state index contributed by atoms with van der Waals surface area (Å²) in [5.74, 6) is -0.522. The second-order valence-corrected chi connectivity index (χ2v) is 7.80. The van der Waals surface area contributed by atoms with Crippen LogP contribution in [0.1, 0.15) is 12.5 Å². The lowest BCUT2D eigenvalue weighted by atomic mass is 10.1. The quantitative estimate of drug-likeness (QED) is 0.523. The van der Waals surface area contributed by atoms with E-state index >= 15 is 0 Å². The molecule has 8 nitrogen and oxygen atoms in total. The summed E-state index contributed by atoms with van der Waals surface area (Å²) < 4.78 is 22.7. The van der Waals surface area contributed by atoms with Crippen molar-refractivity contribution in [2.75, 3.05) is 19.8 Å². The third-order valence-electron chi connectivity index (χ3n) is 4.13. The van der Waals surface area contributed by atoms with Gasteiger partial charge in [-0.3, -0.25) is 4.79 Å². The molecule has 27 heavy (non-hydrogen) atoms. The van der Waals surface area contributed by atoms with Crippen molar-refractivity contribution in [3.05, 3.63) is 36.0 Å². The number of ether oxygens (including phenoxy) is 1. The van der Waals surface area contributed by atoms with Crippen LogP contribution in [0.2, 0.25) is 0 Å². The van der Waals surface area contributed by atoms with Crippen molar-refractivity contribution in [3.8, 4) is 0 Å². The number of fused-ring (bicyclic) bond motifs is 1. The summed E-state index contributed by atoms with van der Waals surface area (Å²) in [6, 6.07) is 7.16. The Labute approximate surface area is 164 Å². The molecule has 0 aliphatic carbocycles. The molecular weight excluding hydrogens is 395 g/mol. The standard InChI is InChI=1S/C17H24N2O6P.ClH/c1-3-23-26(21)24-11-13(25-26)10-22-17(20)15(18)8-12-9-19(2)16-7-5-4-6-14(12)16;/h4-7,9,13,15,21H,3,8,10-11,18H2,1-2H3;1H/q+1;/t13?,15-,26?;/m1./s1. The van der Waals surface area contributed by atoms with Crippen LogP contribution in [-0.2, 0) is 36.6 Å². The molecule has 0 radical (unpaired) electrons. The highest BCUT2D eigenvalue weighted by atomic mass is 35.5. The van der Waals surface area contributed by atoms with Crippen LogP contribution >= 0.6 is 20.6 Å². The molecule has 3 rings (SSSR count). The summed E-state index contributed by atoms with van der Waals surface area (Å²) in [5.41, 5.74) is 8.08. The molecule has 3 atom stereocenters. The number of rotatable bonds is 7. The highest BCUT2D eigenvalue weighted by molar-refractivity contribution is 7.55. The van der Waals surface area contributed by atoms with Crippen LogP contribution < -0.4 is 5.73 Å². The molecular formula is C17H25ClN2O6P+. The first-order valence-electron chi connectivity index (χ1n) is 8.46. The second-order valence-electron chi connectivity index (χ2n) is 6.13. The molecule has 2 aromatic rings. The molecule has 1 aromatic heterocycles. The molecule has 0 bridgehead atoms. The molecule has 10 heteroatoms. The van der Waals surface area contributed by atoms with Crippen molar-refractivity contribution in [1.82, 2.24) is 4.57 Å². The first-order valence-corrected chi connectivity index (χ1v) is 9.96. The Balaban J connectivity index is 0.00000261. The number of carbonyl (C=O) groups is 1. The maximum absolute atomic E-state index is 12.2.